The summed E-state index contributed by atoms with van der Waals surface area (Å²) in [5, 5.41) is 8.87. The summed E-state index contributed by atoms with van der Waals surface area (Å²) in [4.78, 5) is 24.7. The Morgan fingerprint density at radius 2 is 2.06 bits per heavy atom. The average molecular weight is 247 g/mol. The fourth-order valence-electron chi connectivity index (χ4n) is 2.34. The molecule has 1 aromatic carbocycles. The topological polar surface area (TPSA) is 66.8 Å². The van der Waals surface area contributed by atoms with E-state index in [1.54, 1.807) is 4.90 Å². The van der Waals surface area contributed by atoms with Crippen molar-refractivity contribution in [2.75, 3.05) is 18.1 Å². The molecular formula is C13H13NO4. The van der Waals surface area contributed by atoms with Crippen molar-refractivity contribution in [3.63, 3.8) is 0 Å². The lowest BCUT2D eigenvalue weighted by atomic mass is 10.2. The molecule has 1 aliphatic carbocycles. The lowest BCUT2D eigenvalue weighted by Gasteiger charge is -2.29. The van der Waals surface area contributed by atoms with Crippen LogP contribution in [0.2, 0.25) is 0 Å². The second-order valence-electron chi connectivity index (χ2n) is 4.59. The highest BCUT2D eigenvalue weighted by Crippen LogP contribution is 2.42. The summed E-state index contributed by atoms with van der Waals surface area (Å²) in [7, 11) is 0. The van der Waals surface area contributed by atoms with Gasteiger partial charge in [0.05, 0.1) is 24.1 Å². The molecule has 2 aliphatic rings. The fourth-order valence-corrected chi connectivity index (χ4v) is 2.34. The molecular weight excluding hydrogens is 234 g/mol. The Morgan fingerprint density at radius 1 is 1.28 bits per heavy atom. The molecule has 1 saturated carbocycles. The second kappa shape index (κ2) is 4.01. The van der Waals surface area contributed by atoms with Crippen LogP contribution in [0.15, 0.2) is 24.3 Å². The van der Waals surface area contributed by atoms with Crippen LogP contribution < -0.4 is 9.64 Å². The average Bonchev–Trinajstić information content (AvgIpc) is 3.17. The number of carbonyl (C=O) groups excluding carboxylic acids is 1. The zero-order valence-electron chi connectivity index (χ0n) is 9.70. The number of carboxylic acid groups (broad SMARTS) is 1. The van der Waals surface area contributed by atoms with Crippen LogP contribution in [0.25, 0.3) is 0 Å². The summed E-state index contributed by atoms with van der Waals surface area (Å²) < 4.78 is 5.47. The number of hydrogen-bond donors (Lipinski definition) is 1. The SMILES string of the molecule is O=C(O)[C@H]1C[C@H]1C(=O)N1CCOc2ccccc21. The van der Waals surface area contributed by atoms with Crippen LogP contribution in [0.4, 0.5) is 5.69 Å². The van der Waals surface area contributed by atoms with Crippen molar-refractivity contribution in [1.29, 1.82) is 0 Å². The number of para-hydroxylation sites is 2. The van der Waals surface area contributed by atoms with E-state index in [1.807, 2.05) is 24.3 Å². The normalized spacial score (nSPS) is 25.0. The molecule has 18 heavy (non-hydrogen) atoms. The summed E-state index contributed by atoms with van der Waals surface area (Å²) in [6.45, 7) is 0.936. The van der Waals surface area contributed by atoms with Crippen molar-refractivity contribution < 1.29 is 19.4 Å². The Bertz CT molecular complexity index is 513. The van der Waals surface area contributed by atoms with Gasteiger partial charge in [-0.15, -0.1) is 0 Å². The third kappa shape index (κ3) is 1.72. The number of anilines is 1. The highest BCUT2D eigenvalue weighted by atomic mass is 16.5. The van der Waals surface area contributed by atoms with Crippen LogP contribution in [0, 0.1) is 11.8 Å². The van der Waals surface area contributed by atoms with Crippen LogP contribution >= 0.6 is 0 Å². The Hall–Kier alpha value is -2.04. The molecule has 0 bridgehead atoms. The minimum absolute atomic E-state index is 0.0989. The third-order valence-corrected chi connectivity index (χ3v) is 3.42. The van der Waals surface area contributed by atoms with Gasteiger partial charge in [-0.25, -0.2) is 0 Å². The molecule has 94 valence electrons. The lowest BCUT2D eigenvalue weighted by molar-refractivity contribution is -0.140. The molecule has 0 spiro atoms. The molecule has 1 fully saturated rings. The Morgan fingerprint density at radius 3 is 2.78 bits per heavy atom. The van der Waals surface area contributed by atoms with Gasteiger partial charge in [0, 0.05) is 0 Å². The molecule has 2 atom stereocenters. The van der Waals surface area contributed by atoms with Gasteiger partial charge in [-0.2, -0.15) is 0 Å². The van der Waals surface area contributed by atoms with E-state index >= 15 is 0 Å². The number of amides is 1. The molecule has 1 heterocycles. The maximum Gasteiger partial charge on any atom is 0.307 e. The summed E-state index contributed by atoms with van der Waals surface area (Å²) >= 11 is 0. The number of fused-ring (bicyclic) bond motifs is 1. The van der Waals surface area contributed by atoms with Crippen LogP contribution in [-0.4, -0.2) is 30.1 Å². The van der Waals surface area contributed by atoms with Crippen LogP contribution in [0.3, 0.4) is 0 Å². The van der Waals surface area contributed by atoms with E-state index in [2.05, 4.69) is 0 Å². The van der Waals surface area contributed by atoms with Gasteiger partial charge in [0.25, 0.3) is 0 Å². The van der Waals surface area contributed by atoms with E-state index in [9.17, 15) is 9.59 Å². The highest BCUT2D eigenvalue weighted by Gasteiger charge is 2.50. The van der Waals surface area contributed by atoms with Gasteiger partial charge in [-0.1, -0.05) is 12.1 Å². The van der Waals surface area contributed by atoms with Gasteiger partial charge in [0.1, 0.15) is 12.4 Å². The van der Waals surface area contributed by atoms with Gasteiger partial charge >= 0.3 is 5.97 Å². The van der Waals surface area contributed by atoms with Gasteiger partial charge < -0.3 is 14.7 Å². The largest absolute Gasteiger partial charge is 0.490 e. The number of nitrogens with zero attached hydrogens (tertiary/aromatic N) is 1. The Balaban J connectivity index is 1.82. The molecule has 1 aromatic rings. The highest BCUT2D eigenvalue weighted by molar-refractivity contribution is 6.01. The Labute approximate surface area is 104 Å². The van der Waals surface area contributed by atoms with Crippen LogP contribution in [0.5, 0.6) is 5.75 Å². The number of ether oxygens (including phenoxy) is 1. The van der Waals surface area contributed by atoms with E-state index in [4.69, 9.17) is 9.84 Å². The number of aliphatic carboxylic acids is 1. The molecule has 0 saturated heterocycles. The summed E-state index contributed by atoms with van der Waals surface area (Å²) in [5.74, 6) is -1.17. The van der Waals surface area contributed by atoms with E-state index in [-0.39, 0.29) is 11.8 Å². The number of benzene rings is 1. The van der Waals surface area contributed by atoms with Crippen molar-refractivity contribution in [2.24, 2.45) is 11.8 Å². The first-order valence-corrected chi connectivity index (χ1v) is 5.94. The first-order valence-electron chi connectivity index (χ1n) is 5.94. The smallest absolute Gasteiger partial charge is 0.307 e. The van der Waals surface area contributed by atoms with E-state index in [1.165, 1.54) is 0 Å². The van der Waals surface area contributed by atoms with Crippen molar-refractivity contribution in [3.8, 4) is 5.75 Å². The number of rotatable bonds is 2. The third-order valence-electron chi connectivity index (χ3n) is 3.42. The van der Waals surface area contributed by atoms with E-state index in [0.717, 1.165) is 5.69 Å². The zero-order chi connectivity index (χ0) is 12.7. The standard InChI is InChI=1S/C13H13NO4/c15-12(8-7-9(8)13(16)17)14-5-6-18-11-4-2-1-3-10(11)14/h1-4,8-9H,5-7H2,(H,16,17)/t8-,9+/m1/s1. The monoisotopic (exact) mass is 247 g/mol. The van der Waals surface area contributed by atoms with Gasteiger partial charge in [-0.05, 0) is 18.6 Å². The maximum atomic E-state index is 12.2. The number of carboxylic acids is 1. The molecule has 0 aromatic heterocycles. The molecule has 1 N–H and O–H groups in total. The molecule has 0 radical (unpaired) electrons. The zero-order valence-corrected chi connectivity index (χ0v) is 9.70. The predicted octanol–water partition coefficient (Wildman–Crippen LogP) is 1.13. The molecule has 0 unspecified atom stereocenters. The van der Waals surface area contributed by atoms with Crippen molar-refractivity contribution in [2.45, 2.75) is 6.42 Å². The first kappa shape index (κ1) is 11.1. The van der Waals surface area contributed by atoms with Crippen molar-refractivity contribution in [3.05, 3.63) is 24.3 Å². The van der Waals surface area contributed by atoms with Crippen LogP contribution in [0.1, 0.15) is 6.42 Å². The van der Waals surface area contributed by atoms with E-state index < -0.39 is 11.9 Å². The van der Waals surface area contributed by atoms with Gasteiger partial charge in [0.15, 0.2) is 0 Å². The summed E-state index contributed by atoms with van der Waals surface area (Å²) in [6, 6.07) is 7.33. The summed E-state index contributed by atoms with van der Waals surface area (Å²) in [6.07, 6.45) is 0.452. The van der Waals surface area contributed by atoms with Crippen LogP contribution in [-0.2, 0) is 9.59 Å². The minimum Gasteiger partial charge on any atom is -0.490 e. The first-order chi connectivity index (χ1) is 8.68. The molecule has 5 nitrogen and oxygen atoms in total. The van der Waals surface area contributed by atoms with Crippen molar-refractivity contribution in [1.82, 2.24) is 0 Å². The fraction of sp³-hybridized carbons (Fsp3) is 0.385. The second-order valence-corrected chi connectivity index (χ2v) is 4.59. The Kier molecular flexibility index (Phi) is 2.47. The van der Waals surface area contributed by atoms with Gasteiger partial charge in [-0.3, -0.25) is 9.59 Å². The number of hydrogen-bond acceptors (Lipinski definition) is 3. The quantitative estimate of drug-likeness (QED) is 0.850. The van der Waals surface area contributed by atoms with E-state index in [0.29, 0.717) is 25.3 Å². The summed E-state index contributed by atoms with van der Waals surface area (Å²) in [5.41, 5.74) is 0.741. The predicted molar refractivity (Wildman–Crippen MR) is 63.5 cm³/mol. The molecule has 3 rings (SSSR count). The molecule has 1 aliphatic heterocycles. The number of carbonyl (C=O) groups is 2. The molecule has 1 amide bonds. The lowest BCUT2D eigenvalue weighted by Crippen LogP contribution is -2.39. The minimum atomic E-state index is -0.880. The maximum absolute atomic E-state index is 12.2. The molecule has 5 heteroatoms. The van der Waals surface area contributed by atoms with Gasteiger partial charge in [0.2, 0.25) is 5.91 Å². The van der Waals surface area contributed by atoms with Crippen molar-refractivity contribution >= 4 is 17.6 Å².